The maximum Gasteiger partial charge on any atom is 0.397 e. The van der Waals surface area contributed by atoms with E-state index in [0.29, 0.717) is 17.2 Å². The van der Waals surface area contributed by atoms with Gasteiger partial charge in [-0.05, 0) is 19.1 Å². The Balaban J connectivity index is 3.06. The quantitative estimate of drug-likeness (QED) is 0.606. The van der Waals surface area contributed by atoms with E-state index in [0.717, 1.165) is 0 Å². The smallest absolute Gasteiger partial charge is 0.397 e. The highest BCUT2D eigenvalue weighted by Gasteiger charge is 2.23. The zero-order valence-electron chi connectivity index (χ0n) is 11.4. The van der Waals surface area contributed by atoms with Crippen LogP contribution in [0.25, 0.3) is 0 Å². The summed E-state index contributed by atoms with van der Waals surface area (Å²) in [5.74, 6) is -0.663. The number of rotatable bonds is 4. The minimum Gasteiger partial charge on any atom is -0.497 e. The number of esters is 1. The van der Waals surface area contributed by atoms with Crippen LogP contribution in [0.4, 0.5) is 5.69 Å². The topological polar surface area (TPSA) is 65.1 Å². The number of ether oxygens (including phenoxy) is 3. The van der Waals surface area contributed by atoms with Gasteiger partial charge in [0.2, 0.25) is 0 Å². The molecule has 6 nitrogen and oxygen atoms in total. The normalized spacial score (nSPS) is 9.68. The Bertz CT molecular complexity index is 472. The summed E-state index contributed by atoms with van der Waals surface area (Å²) in [5.41, 5.74) is 0.430. The van der Waals surface area contributed by atoms with Crippen LogP contribution in [0, 0.1) is 0 Å². The lowest BCUT2D eigenvalue weighted by Gasteiger charge is -2.19. The van der Waals surface area contributed by atoms with Crippen molar-refractivity contribution in [2.45, 2.75) is 6.92 Å². The third kappa shape index (κ3) is 3.37. The molecule has 6 heteroatoms. The molecular formula is C13H17NO5. The van der Waals surface area contributed by atoms with Crippen LogP contribution >= 0.6 is 0 Å². The molecule has 0 N–H and O–H groups in total. The first-order valence-electron chi connectivity index (χ1n) is 5.72. The molecule has 1 rings (SSSR count). The van der Waals surface area contributed by atoms with Gasteiger partial charge in [-0.25, -0.2) is 4.79 Å². The standard InChI is InChI=1S/C13H17NO5/c1-5-19-13(16)12(15)14(2)10-8-9(17-3)6-7-11(10)18-4/h6-8H,5H2,1-4H3. The minimum atomic E-state index is -0.908. The van der Waals surface area contributed by atoms with Crippen molar-refractivity contribution in [3.05, 3.63) is 18.2 Å². The molecule has 0 fully saturated rings. The van der Waals surface area contributed by atoms with Crippen LogP contribution in [0.3, 0.4) is 0 Å². The van der Waals surface area contributed by atoms with E-state index in [4.69, 9.17) is 9.47 Å². The average Bonchev–Trinajstić information content (AvgIpc) is 2.45. The first-order chi connectivity index (χ1) is 9.04. The number of anilines is 1. The lowest BCUT2D eigenvalue weighted by molar-refractivity contribution is -0.153. The summed E-state index contributed by atoms with van der Waals surface area (Å²) in [6.45, 7) is 1.78. The van der Waals surface area contributed by atoms with Crippen LogP contribution in [-0.4, -0.2) is 39.8 Å². The summed E-state index contributed by atoms with van der Waals surface area (Å²) in [4.78, 5) is 24.4. The van der Waals surface area contributed by atoms with Gasteiger partial charge in [0, 0.05) is 13.1 Å². The molecule has 0 aliphatic rings. The average molecular weight is 267 g/mol. The van der Waals surface area contributed by atoms with E-state index in [2.05, 4.69) is 4.74 Å². The van der Waals surface area contributed by atoms with Gasteiger partial charge in [0.1, 0.15) is 11.5 Å². The number of carbonyl (C=O) groups is 2. The fourth-order valence-corrected chi connectivity index (χ4v) is 1.50. The molecule has 0 atom stereocenters. The summed E-state index contributed by atoms with van der Waals surface area (Å²) in [6.07, 6.45) is 0. The summed E-state index contributed by atoms with van der Waals surface area (Å²) < 4.78 is 14.9. The number of carbonyl (C=O) groups excluding carboxylic acids is 2. The van der Waals surface area contributed by atoms with Crippen molar-refractivity contribution in [3.63, 3.8) is 0 Å². The molecule has 0 aliphatic carbocycles. The molecule has 0 heterocycles. The molecule has 0 unspecified atom stereocenters. The Morgan fingerprint density at radius 3 is 2.42 bits per heavy atom. The van der Waals surface area contributed by atoms with E-state index in [1.807, 2.05) is 0 Å². The van der Waals surface area contributed by atoms with Gasteiger partial charge in [0.15, 0.2) is 0 Å². The lowest BCUT2D eigenvalue weighted by Crippen LogP contribution is -2.34. The van der Waals surface area contributed by atoms with Crippen molar-refractivity contribution in [1.29, 1.82) is 0 Å². The fraction of sp³-hybridized carbons (Fsp3) is 0.385. The van der Waals surface area contributed by atoms with Crippen molar-refractivity contribution >= 4 is 17.6 Å². The van der Waals surface area contributed by atoms with Gasteiger partial charge in [-0.1, -0.05) is 0 Å². The number of nitrogens with zero attached hydrogens (tertiary/aromatic N) is 1. The highest BCUT2D eigenvalue weighted by Crippen LogP contribution is 2.31. The molecular weight excluding hydrogens is 250 g/mol. The number of methoxy groups -OCH3 is 2. The van der Waals surface area contributed by atoms with E-state index in [1.165, 1.54) is 26.2 Å². The number of hydrogen-bond donors (Lipinski definition) is 0. The predicted octanol–water partition coefficient (Wildman–Crippen LogP) is 1.23. The van der Waals surface area contributed by atoms with Crippen LogP contribution in [0.2, 0.25) is 0 Å². The van der Waals surface area contributed by atoms with Crippen molar-refractivity contribution in [3.8, 4) is 11.5 Å². The second-order valence-electron chi connectivity index (χ2n) is 3.62. The molecule has 0 saturated heterocycles. The number of likely N-dealkylation sites (N-methyl/N-ethyl adjacent to an activating group) is 1. The Labute approximate surface area is 111 Å². The van der Waals surface area contributed by atoms with Crippen LogP contribution < -0.4 is 14.4 Å². The van der Waals surface area contributed by atoms with Gasteiger partial charge in [0.05, 0.1) is 26.5 Å². The number of benzene rings is 1. The summed E-state index contributed by atoms with van der Waals surface area (Å²) in [7, 11) is 4.46. The van der Waals surface area contributed by atoms with Gasteiger partial charge in [0.25, 0.3) is 0 Å². The predicted molar refractivity (Wildman–Crippen MR) is 69.6 cm³/mol. The van der Waals surface area contributed by atoms with Gasteiger partial charge in [-0.2, -0.15) is 0 Å². The lowest BCUT2D eigenvalue weighted by atomic mass is 10.2. The molecule has 0 aromatic heterocycles. The molecule has 0 radical (unpaired) electrons. The van der Waals surface area contributed by atoms with E-state index >= 15 is 0 Å². The van der Waals surface area contributed by atoms with Crippen LogP contribution in [0.1, 0.15) is 6.92 Å². The van der Waals surface area contributed by atoms with Gasteiger partial charge >= 0.3 is 11.9 Å². The Hall–Kier alpha value is -2.24. The minimum absolute atomic E-state index is 0.146. The van der Waals surface area contributed by atoms with Gasteiger partial charge in [-0.15, -0.1) is 0 Å². The Morgan fingerprint density at radius 2 is 1.89 bits per heavy atom. The molecule has 0 aliphatic heterocycles. The first kappa shape index (κ1) is 14.8. The van der Waals surface area contributed by atoms with Crippen LogP contribution in [0.15, 0.2) is 18.2 Å². The molecule has 1 aromatic carbocycles. The third-order valence-electron chi connectivity index (χ3n) is 2.50. The maximum atomic E-state index is 11.9. The van der Waals surface area contributed by atoms with Crippen LogP contribution in [0.5, 0.6) is 11.5 Å². The molecule has 0 bridgehead atoms. The summed E-state index contributed by atoms with van der Waals surface area (Å²) in [6, 6.07) is 4.96. The van der Waals surface area contributed by atoms with Crippen molar-refractivity contribution in [2.75, 3.05) is 32.8 Å². The summed E-state index contributed by atoms with van der Waals surface area (Å²) >= 11 is 0. The maximum absolute atomic E-state index is 11.9. The molecule has 19 heavy (non-hydrogen) atoms. The molecule has 0 saturated carbocycles. The number of hydrogen-bond acceptors (Lipinski definition) is 5. The molecule has 1 aromatic rings. The number of amides is 1. The van der Waals surface area contributed by atoms with E-state index < -0.39 is 11.9 Å². The zero-order chi connectivity index (χ0) is 14.4. The summed E-state index contributed by atoms with van der Waals surface area (Å²) in [5, 5.41) is 0. The third-order valence-corrected chi connectivity index (χ3v) is 2.50. The largest absolute Gasteiger partial charge is 0.497 e. The zero-order valence-corrected chi connectivity index (χ0v) is 11.4. The molecule has 1 amide bonds. The highest BCUT2D eigenvalue weighted by atomic mass is 16.5. The van der Waals surface area contributed by atoms with Crippen molar-refractivity contribution < 1.29 is 23.8 Å². The van der Waals surface area contributed by atoms with Gasteiger partial charge in [-0.3, -0.25) is 4.79 Å². The fourth-order valence-electron chi connectivity index (χ4n) is 1.50. The SMILES string of the molecule is CCOC(=O)C(=O)N(C)c1cc(OC)ccc1OC. The monoisotopic (exact) mass is 267 g/mol. The second kappa shape index (κ2) is 6.63. The van der Waals surface area contributed by atoms with Crippen molar-refractivity contribution in [1.82, 2.24) is 0 Å². The first-order valence-corrected chi connectivity index (χ1v) is 5.72. The molecule has 0 spiro atoms. The van der Waals surface area contributed by atoms with E-state index in [1.54, 1.807) is 25.1 Å². The van der Waals surface area contributed by atoms with E-state index in [-0.39, 0.29) is 6.61 Å². The van der Waals surface area contributed by atoms with Crippen LogP contribution in [-0.2, 0) is 14.3 Å². The van der Waals surface area contributed by atoms with Crippen molar-refractivity contribution in [2.24, 2.45) is 0 Å². The Kier molecular flexibility index (Phi) is 5.17. The van der Waals surface area contributed by atoms with E-state index in [9.17, 15) is 9.59 Å². The molecule has 104 valence electrons. The van der Waals surface area contributed by atoms with Gasteiger partial charge < -0.3 is 19.1 Å². The highest BCUT2D eigenvalue weighted by molar-refractivity contribution is 6.38. The Morgan fingerprint density at radius 1 is 1.21 bits per heavy atom. The second-order valence-corrected chi connectivity index (χ2v) is 3.62.